The number of carbonyl (C=O) groups excluding carboxylic acids is 2. The molecule has 0 spiro atoms. The average Bonchev–Trinajstić information content (AvgIpc) is 3.23. The molecule has 10 nitrogen and oxygen atoms in total. The van der Waals surface area contributed by atoms with Crippen molar-refractivity contribution in [3.8, 4) is 5.88 Å². The predicted octanol–water partition coefficient (Wildman–Crippen LogP) is 5.06. The van der Waals surface area contributed by atoms with Gasteiger partial charge in [-0.15, -0.1) is 5.10 Å². The van der Waals surface area contributed by atoms with Crippen LogP contribution in [0.1, 0.15) is 64.5 Å². The lowest BCUT2D eigenvalue weighted by Crippen LogP contribution is -2.41. The molecular weight excluding hydrogens is 464 g/mol. The monoisotopic (exact) mass is 502 g/mol. The lowest BCUT2D eigenvalue weighted by atomic mass is 9.91. The van der Waals surface area contributed by atoms with Crippen LogP contribution in [0.2, 0.25) is 0 Å². The molecule has 1 aromatic heterocycles. The zero-order chi connectivity index (χ0) is 26.0. The highest BCUT2D eigenvalue weighted by Crippen LogP contribution is 2.32. The first-order valence-corrected chi connectivity index (χ1v) is 12.4. The van der Waals surface area contributed by atoms with Gasteiger partial charge in [0.25, 0.3) is 5.88 Å². The molecule has 36 heavy (non-hydrogen) atoms. The number of nitrogens with one attached hydrogen (secondary N) is 2. The van der Waals surface area contributed by atoms with Crippen LogP contribution in [-0.2, 0) is 20.8 Å². The van der Waals surface area contributed by atoms with Gasteiger partial charge in [-0.25, -0.2) is 9.59 Å². The number of alkyl carbamates (subject to hydrolysis) is 1. The summed E-state index contributed by atoms with van der Waals surface area (Å²) in [6, 6.07) is 9.66. The highest BCUT2D eigenvalue weighted by molar-refractivity contribution is 5.86. The van der Waals surface area contributed by atoms with Gasteiger partial charge >= 0.3 is 12.2 Å². The van der Waals surface area contributed by atoms with Crippen molar-refractivity contribution >= 4 is 17.9 Å². The Morgan fingerprint density at radius 1 is 1.06 bits per heavy atom. The van der Waals surface area contributed by atoms with Gasteiger partial charge in [0.05, 0.1) is 18.8 Å². The van der Waals surface area contributed by atoms with Crippen LogP contribution < -0.4 is 15.4 Å². The molecule has 3 rings (SSSR count). The number of hydrogen-bond acceptors (Lipinski definition) is 7. The molecular formula is C26H38N4O6. The molecule has 1 saturated carbocycles. The zero-order valence-corrected chi connectivity index (χ0v) is 21.6. The maximum Gasteiger partial charge on any atom is 0.412 e. The smallest absolute Gasteiger partial charge is 0.412 e. The second-order valence-corrected chi connectivity index (χ2v) is 9.86. The summed E-state index contributed by atoms with van der Waals surface area (Å²) in [4.78, 5) is 24.5. The van der Waals surface area contributed by atoms with Gasteiger partial charge in [0.1, 0.15) is 17.9 Å². The maximum atomic E-state index is 12.4. The molecule has 2 aromatic rings. The highest BCUT2D eigenvalue weighted by Gasteiger charge is 2.27. The van der Waals surface area contributed by atoms with E-state index >= 15 is 0 Å². The number of carbonyl (C=O) groups is 2. The van der Waals surface area contributed by atoms with Crippen LogP contribution in [0.5, 0.6) is 5.88 Å². The van der Waals surface area contributed by atoms with E-state index in [1.54, 1.807) is 13.3 Å². The van der Waals surface area contributed by atoms with Crippen molar-refractivity contribution in [3.05, 3.63) is 42.1 Å². The molecule has 0 atom stereocenters. The van der Waals surface area contributed by atoms with E-state index in [1.807, 2.05) is 55.8 Å². The van der Waals surface area contributed by atoms with Gasteiger partial charge in [0, 0.05) is 26.2 Å². The van der Waals surface area contributed by atoms with Crippen molar-refractivity contribution < 1.29 is 28.5 Å². The molecule has 2 amide bonds. The Bertz CT molecular complexity index is 965. The van der Waals surface area contributed by atoms with E-state index in [9.17, 15) is 9.59 Å². The molecule has 2 N–H and O–H groups in total. The number of benzene rings is 1. The minimum atomic E-state index is -0.578. The number of ether oxygens (including phenoxy) is 4. The number of rotatable bonds is 10. The summed E-state index contributed by atoms with van der Waals surface area (Å²) < 4.78 is 23.5. The van der Waals surface area contributed by atoms with Gasteiger partial charge in [-0.05, 0) is 52.0 Å². The minimum absolute atomic E-state index is 0.0574. The molecule has 0 radical (unpaired) electrons. The molecule has 0 saturated heterocycles. The predicted molar refractivity (Wildman–Crippen MR) is 135 cm³/mol. The van der Waals surface area contributed by atoms with E-state index in [0.717, 1.165) is 31.2 Å². The lowest BCUT2D eigenvalue weighted by Gasteiger charge is -2.30. The van der Waals surface area contributed by atoms with Gasteiger partial charge in [-0.3, -0.25) is 10.00 Å². The number of hydrogen-bond donors (Lipinski definition) is 2. The fraction of sp³-hybridized carbons (Fsp3) is 0.577. The van der Waals surface area contributed by atoms with E-state index in [4.69, 9.17) is 18.9 Å². The normalized spacial score (nSPS) is 17.8. The van der Waals surface area contributed by atoms with Gasteiger partial charge in [-0.2, -0.15) is 0 Å². The molecule has 0 unspecified atom stereocenters. The summed E-state index contributed by atoms with van der Waals surface area (Å²) in [7, 11) is 1.64. The van der Waals surface area contributed by atoms with Crippen LogP contribution in [-0.4, -0.2) is 53.9 Å². The van der Waals surface area contributed by atoms with Crippen molar-refractivity contribution in [1.29, 1.82) is 0 Å². The van der Waals surface area contributed by atoms with Crippen molar-refractivity contribution in [3.63, 3.8) is 0 Å². The first kappa shape index (κ1) is 27.3. The summed E-state index contributed by atoms with van der Waals surface area (Å²) in [5.41, 5.74) is 0.831. The van der Waals surface area contributed by atoms with E-state index in [-0.39, 0.29) is 18.7 Å². The fourth-order valence-corrected chi connectivity index (χ4v) is 3.95. The largest absolute Gasteiger partial charge is 0.475 e. The van der Waals surface area contributed by atoms with Crippen LogP contribution >= 0.6 is 0 Å². The Hall–Kier alpha value is -3.27. The third-order valence-electron chi connectivity index (χ3n) is 5.67. The SMILES string of the molecule is COCCCOc1nn([C@H]2CC[C@H](NC(=O)OC(C)(C)C)CC2)cc1NC(=O)OCc1ccccc1. The van der Waals surface area contributed by atoms with Crippen molar-refractivity contribution in [1.82, 2.24) is 15.1 Å². The Labute approximate surface area is 212 Å². The molecule has 1 heterocycles. The first-order chi connectivity index (χ1) is 17.2. The van der Waals surface area contributed by atoms with Crippen LogP contribution in [0, 0.1) is 0 Å². The molecule has 10 heteroatoms. The highest BCUT2D eigenvalue weighted by atomic mass is 16.6. The quantitative estimate of drug-likeness (QED) is 0.437. The van der Waals surface area contributed by atoms with Gasteiger partial charge in [-0.1, -0.05) is 30.3 Å². The fourth-order valence-electron chi connectivity index (χ4n) is 3.95. The minimum Gasteiger partial charge on any atom is -0.475 e. The molecule has 1 aromatic carbocycles. The molecule has 1 aliphatic rings. The van der Waals surface area contributed by atoms with Crippen LogP contribution in [0.4, 0.5) is 15.3 Å². The lowest BCUT2D eigenvalue weighted by molar-refractivity contribution is 0.0487. The Balaban J connectivity index is 1.58. The van der Waals surface area contributed by atoms with Crippen molar-refractivity contribution in [2.24, 2.45) is 0 Å². The van der Waals surface area contributed by atoms with Gasteiger partial charge in [0.2, 0.25) is 0 Å². The number of nitrogens with zero attached hydrogens (tertiary/aromatic N) is 2. The summed E-state index contributed by atoms with van der Waals surface area (Å²) in [5.74, 6) is 0.344. The Kier molecular flexibility index (Phi) is 9.98. The van der Waals surface area contributed by atoms with Crippen LogP contribution in [0.3, 0.4) is 0 Å². The second kappa shape index (κ2) is 13.2. The van der Waals surface area contributed by atoms with E-state index < -0.39 is 17.8 Å². The Morgan fingerprint density at radius 3 is 2.44 bits per heavy atom. The van der Waals surface area contributed by atoms with Crippen molar-refractivity contribution in [2.75, 3.05) is 25.6 Å². The Morgan fingerprint density at radius 2 is 1.78 bits per heavy atom. The summed E-state index contributed by atoms with van der Waals surface area (Å²) >= 11 is 0. The molecule has 0 aliphatic heterocycles. The molecule has 0 bridgehead atoms. The molecule has 1 aliphatic carbocycles. The van der Waals surface area contributed by atoms with Gasteiger partial charge < -0.3 is 24.3 Å². The second-order valence-electron chi connectivity index (χ2n) is 9.86. The number of methoxy groups -OCH3 is 1. The molecule has 198 valence electrons. The van der Waals surface area contributed by atoms with Crippen LogP contribution in [0.15, 0.2) is 36.5 Å². The number of anilines is 1. The average molecular weight is 503 g/mol. The summed E-state index contributed by atoms with van der Waals surface area (Å²) in [6.07, 6.45) is 4.75. The third kappa shape index (κ3) is 9.07. The number of amides is 2. The van der Waals surface area contributed by atoms with E-state index in [2.05, 4.69) is 15.7 Å². The van der Waals surface area contributed by atoms with Crippen LogP contribution in [0.25, 0.3) is 0 Å². The number of aromatic nitrogens is 2. The van der Waals surface area contributed by atoms with Gasteiger partial charge in [0.15, 0.2) is 0 Å². The van der Waals surface area contributed by atoms with E-state index in [1.165, 1.54) is 0 Å². The first-order valence-electron chi connectivity index (χ1n) is 12.4. The standard InChI is InChI=1S/C26H38N4O6/c1-26(2,3)36-25(32)27-20-11-13-21(14-12-20)30-17-22(23(29-30)34-16-8-15-33-4)28-24(31)35-18-19-9-6-5-7-10-19/h5-7,9-10,17,20-21H,8,11-16,18H2,1-4H3,(H,27,32)(H,28,31)/t20-,21-. The third-order valence-corrected chi connectivity index (χ3v) is 5.67. The zero-order valence-electron chi connectivity index (χ0n) is 21.6. The molecule has 1 fully saturated rings. The van der Waals surface area contributed by atoms with E-state index in [0.29, 0.717) is 31.2 Å². The summed E-state index contributed by atoms with van der Waals surface area (Å²) in [6.45, 7) is 6.68. The topological polar surface area (TPSA) is 113 Å². The maximum absolute atomic E-state index is 12.4. The summed E-state index contributed by atoms with van der Waals surface area (Å²) in [5, 5.41) is 10.3. The van der Waals surface area contributed by atoms with Crippen molar-refractivity contribution in [2.45, 2.75) is 77.2 Å².